The third-order valence-electron chi connectivity index (χ3n) is 7.05. The molecule has 0 amide bonds. The van der Waals surface area contributed by atoms with Crippen LogP contribution in [0.25, 0.3) is 21.0 Å². The number of methoxy groups -OCH3 is 1. The van der Waals surface area contributed by atoms with E-state index in [-0.39, 0.29) is 11.4 Å². The maximum Gasteiger partial charge on any atom is 0.262 e. The first-order valence-corrected chi connectivity index (χ1v) is 12.9. The van der Waals surface area contributed by atoms with Crippen LogP contribution in [-0.2, 0) is 25.9 Å². The Bertz CT molecular complexity index is 1640. The number of halogens is 1. The molecule has 0 spiro atoms. The Balaban J connectivity index is 1.27. The molecule has 1 unspecified atom stereocenters. The Morgan fingerprint density at radius 3 is 2.83 bits per heavy atom. The van der Waals surface area contributed by atoms with Crippen molar-refractivity contribution in [2.24, 2.45) is 0 Å². The lowest BCUT2D eigenvalue weighted by Crippen LogP contribution is -2.33. The van der Waals surface area contributed by atoms with Crippen LogP contribution < -0.4 is 15.6 Å². The fraction of sp³-hybridized carbons (Fsp3) is 0.241. The van der Waals surface area contributed by atoms with E-state index in [0.29, 0.717) is 19.1 Å². The molecule has 1 aliphatic carbocycles. The maximum absolute atomic E-state index is 13.6. The second-order valence-corrected chi connectivity index (χ2v) is 10.4. The molecule has 1 atom stereocenters. The summed E-state index contributed by atoms with van der Waals surface area (Å²) in [6.45, 7) is 1.08. The van der Waals surface area contributed by atoms with Gasteiger partial charge in [-0.05, 0) is 59.5 Å². The van der Waals surface area contributed by atoms with Crippen molar-refractivity contribution in [3.05, 3.63) is 105 Å². The number of hydrogen-bond donors (Lipinski definition) is 1. The minimum Gasteiger partial charge on any atom is -0.496 e. The molecule has 3 aromatic carbocycles. The average molecular weight is 500 g/mol. The van der Waals surface area contributed by atoms with Crippen molar-refractivity contribution < 1.29 is 9.13 Å². The zero-order valence-corrected chi connectivity index (χ0v) is 20.8. The summed E-state index contributed by atoms with van der Waals surface area (Å²) in [7, 11) is 1.67. The highest BCUT2D eigenvalue weighted by Gasteiger charge is 2.25. The highest BCUT2D eigenvalue weighted by molar-refractivity contribution is 7.18. The summed E-state index contributed by atoms with van der Waals surface area (Å²) in [4.78, 5) is 20.3. The van der Waals surface area contributed by atoms with Gasteiger partial charge in [0.05, 0.1) is 25.4 Å². The lowest BCUT2D eigenvalue weighted by atomic mass is 9.93. The van der Waals surface area contributed by atoms with Crippen LogP contribution in [0.2, 0.25) is 0 Å². The van der Waals surface area contributed by atoms with Gasteiger partial charge in [0.2, 0.25) is 0 Å². The monoisotopic (exact) mass is 499 g/mol. The lowest BCUT2D eigenvalue weighted by Gasteiger charge is -2.23. The predicted molar refractivity (Wildman–Crippen MR) is 143 cm³/mol. The summed E-state index contributed by atoms with van der Waals surface area (Å²) in [6.07, 6.45) is 4.30. The number of hydrogen-bond acceptors (Lipinski definition) is 5. The first kappa shape index (κ1) is 22.9. The van der Waals surface area contributed by atoms with Gasteiger partial charge in [0.25, 0.3) is 5.56 Å². The quantitative estimate of drug-likeness (QED) is 0.337. The van der Waals surface area contributed by atoms with E-state index in [4.69, 9.17) is 4.74 Å². The third kappa shape index (κ3) is 4.18. The molecule has 0 saturated carbocycles. The number of benzene rings is 3. The number of ether oxygens (including phenoxy) is 1. The Morgan fingerprint density at radius 2 is 2.00 bits per heavy atom. The Morgan fingerprint density at radius 1 is 1.14 bits per heavy atom. The fourth-order valence-electron chi connectivity index (χ4n) is 5.23. The van der Waals surface area contributed by atoms with Gasteiger partial charge in [0, 0.05) is 22.8 Å². The number of thiophene rings is 1. The Labute approximate surface area is 212 Å². The van der Waals surface area contributed by atoms with Gasteiger partial charge in [-0.2, -0.15) is 0 Å². The number of nitrogens with zero attached hydrogens (tertiary/aromatic N) is 2. The van der Waals surface area contributed by atoms with Gasteiger partial charge >= 0.3 is 0 Å². The van der Waals surface area contributed by atoms with E-state index in [1.165, 1.54) is 10.9 Å². The highest BCUT2D eigenvalue weighted by Crippen LogP contribution is 2.34. The molecule has 0 radical (unpaired) electrons. The summed E-state index contributed by atoms with van der Waals surface area (Å²) in [5.41, 5.74) is 3.15. The molecular weight excluding hydrogens is 473 g/mol. The molecule has 5 aromatic rings. The average Bonchev–Trinajstić information content (AvgIpc) is 3.28. The normalized spacial score (nSPS) is 15.3. The molecule has 0 saturated heterocycles. The number of aryl methyl sites for hydroxylation is 1. The van der Waals surface area contributed by atoms with Crippen LogP contribution in [0.5, 0.6) is 5.75 Å². The van der Waals surface area contributed by atoms with Gasteiger partial charge in [-0.1, -0.05) is 42.5 Å². The summed E-state index contributed by atoms with van der Waals surface area (Å²) in [5.74, 6) is 0.609. The van der Waals surface area contributed by atoms with Gasteiger partial charge in [0.15, 0.2) is 0 Å². The van der Waals surface area contributed by atoms with Crippen LogP contribution in [0.3, 0.4) is 0 Å². The summed E-state index contributed by atoms with van der Waals surface area (Å²) in [5, 5.41) is 6.43. The molecule has 7 heteroatoms. The Kier molecular flexibility index (Phi) is 6.03. The second-order valence-electron chi connectivity index (χ2n) is 9.28. The van der Waals surface area contributed by atoms with Crippen molar-refractivity contribution in [1.29, 1.82) is 0 Å². The molecule has 0 fully saturated rings. The molecule has 2 aromatic heterocycles. The topological polar surface area (TPSA) is 56.2 Å². The lowest BCUT2D eigenvalue weighted by molar-refractivity contribution is 0.419. The Hall–Kier alpha value is -3.55. The highest BCUT2D eigenvalue weighted by atomic mass is 32.1. The van der Waals surface area contributed by atoms with Gasteiger partial charge in [-0.25, -0.2) is 9.37 Å². The van der Waals surface area contributed by atoms with Crippen molar-refractivity contribution in [1.82, 2.24) is 14.9 Å². The molecule has 6 rings (SSSR count). The number of fused-ring (bicyclic) bond motifs is 4. The summed E-state index contributed by atoms with van der Waals surface area (Å²) >= 11 is 1.62. The fourth-order valence-corrected chi connectivity index (χ4v) is 6.49. The van der Waals surface area contributed by atoms with Gasteiger partial charge in [-0.15, -0.1) is 11.3 Å². The second kappa shape index (κ2) is 9.48. The van der Waals surface area contributed by atoms with E-state index in [1.807, 2.05) is 36.4 Å². The van der Waals surface area contributed by atoms with E-state index < -0.39 is 0 Å². The van der Waals surface area contributed by atoms with E-state index in [0.717, 1.165) is 62.7 Å². The van der Waals surface area contributed by atoms with Crippen LogP contribution in [0.1, 0.15) is 28.0 Å². The number of rotatable bonds is 6. The van der Waals surface area contributed by atoms with Crippen molar-refractivity contribution >= 4 is 32.3 Å². The molecule has 0 aliphatic heterocycles. The zero-order chi connectivity index (χ0) is 24.6. The molecule has 1 aliphatic rings. The number of nitrogens with one attached hydrogen (secondary N) is 1. The first-order valence-electron chi connectivity index (χ1n) is 12.1. The first-order chi connectivity index (χ1) is 17.6. The van der Waals surface area contributed by atoms with Crippen molar-refractivity contribution in [2.45, 2.75) is 38.4 Å². The van der Waals surface area contributed by atoms with Crippen molar-refractivity contribution in [3.8, 4) is 5.75 Å². The predicted octanol–water partition coefficient (Wildman–Crippen LogP) is 5.45. The molecule has 36 heavy (non-hydrogen) atoms. The van der Waals surface area contributed by atoms with Crippen LogP contribution in [0.15, 0.2) is 71.8 Å². The minimum atomic E-state index is -0.213. The standard InChI is InChI=1S/C29H26FN3O2S/c1-35-25-12-9-19(22-7-2-3-8-23(22)25)16-33-17-32-28-27(29(33)34)24-11-10-21(14-26(24)36-28)31-15-18-5-4-6-20(30)13-18/h2-9,12-13,17,21,31H,10-11,14-16H2,1H3. The van der Waals surface area contributed by atoms with Crippen LogP contribution in [0, 0.1) is 5.82 Å². The van der Waals surface area contributed by atoms with E-state index in [9.17, 15) is 9.18 Å². The molecular formula is C29H26FN3O2S. The maximum atomic E-state index is 13.6. The van der Waals surface area contributed by atoms with Crippen LogP contribution in [-0.4, -0.2) is 22.7 Å². The van der Waals surface area contributed by atoms with Gasteiger partial charge < -0.3 is 10.1 Å². The van der Waals surface area contributed by atoms with E-state index in [2.05, 4.69) is 16.4 Å². The summed E-state index contributed by atoms with van der Waals surface area (Å²) in [6, 6.07) is 19.1. The third-order valence-corrected chi connectivity index (χ3v) is 8.22. The molecule has 182 valence electrons. The smallest absolute Gasteiger partial charge is 0.262 e. The minimum absolute atomic E-state index is 0.0172. The molecule has 0 bridgehead atoms. The van der Waals surface area contributed by atoms with E-state index in [1.54, 1.807) is 41.5 Å². The van der Waals surface area contributed by atoms with Crippen molar-refractivity contribution in [2.75, 3.05) is 7.11 Å². The van der Waals surface area contributed by atoms with Gasteiger partial charge in [-0.3, -0.25) is 9.36 Å². The number of aromatic nitrogens is 2. The molecule has 2 heterocycles. The van der Waals surface area contributed by atoms with Gasteiger partial charge in [0.1, 0.15) is 16.4 Å². The van der Waals surface area contributed by atoms with E-state index >= 15 is 0 Å². The van der Waals surface area contributed by atoms with Crippen LogP contribution in [0.4, 0.5) is 4.39 Å². The molecule has 5 nitrogen and oxygen atoms in total. The zero-order valence-electron chi connectivity index (χ0n) is 20.0. The SMILES string of the molecule is COc1ccc(Cn2cnc3sc4c(c3c2=O)CCC(NCc2cccc(F)c2)C4)c2ccccc12. The molecule has 1 N–H and O–H groups in total. The van der Waals surface area contributed by atoms with Crippen molar-refractivity contribution in [3.63, 3.8) is 0 Å². The summed E-state index contributed by atoms with van der Waals surface area (Å²) < 4.78 is 20.7. The largest absolute Gasteiger partial charge is 0.496 e. The van der Waals surface area contributed by atoms with Crippen LogP contribution >= 0.6 is 11.3 Å².